The second-order valence-electron chi connectivity index (χ2n) is 6.49. The van der Waals surface area contributed by atoms with Crippen molar-refractivity contribution in [1.82, 2.24) is 20.4 Å². The van der Waals surface area contributed by atoms with Crippen molar-refractivity contribution in [1.29, 1.82) is 0 Å². The number of hydrogen-bond acceptors (Lipinski definition) is 6. The van der Waals surface area contributed by atoms with Gasteiger partial charge >= 0.3 is 12.2 Å². The number of hydrogen-bond donors (Lipinski definition) is 2. The lowest BCUT2D eigenvalue weighted by Crippen LogP contribution is -2.35. The third kappa shape index (κ3) is 12.1. The van der Waals surface area contributed by atoms with Crippen LogP contribution in [0.3, 0.4) is 0 Å². The molecule has 0 heterocycles. The van der Waals surface area contributed by atoms with Gasteiger partial charge in [-0.3, -0.25) is 9.59 Å². The van der Waals surface area contributed by atoms with E-state index < -0.39 is 12.2 Å². The van der Waals surface area contributed by atoms with Gasteiger partial charge in [-0.2, -0.15) is 0 Å². The van der Waals surface area contributed by atoms with E-state index in [0.717, 1.165) is 0 Å². The second kappa shape index (κ2) is 14.0. The standard InChI is InChI=1S/C19H32N4O6/c1-14(2)16(24)22(5)10-12-28-18(26)20-8-7-9-21-19(27)29-13-11-23(6)17(25)15(3)4/h1,3,7-13H2,2,4-6H3,(H,20,26)(H,21,27). The molecule has 0 rings (SSSR count). The van der Waals surface area contributed by atoms with Crippen LogP contribution < -0.4 is 10.6 Å². The van der Waals surface area contributed by atoms with Gasteiger partial charge in [0.25, 0.3) is 0 Å². The molecule has 0 atom stereocenters. The molecule has 0 saturated heterocycles. The summed E-state index contributed by atoms with van der Waals surface area (Å²) in [5.41, 5.74) is 0.825. The van der Waals surface area contributed by atoms with Crippen molar-refractivity contribution in [2.45, 2.75) is 20.3 Å². The molecule has 0 spiro atoms. The van der Waals surface area contributed by atoms with Crippen molar-refractivity contribution in [3.8, 4) is 0 Å². The smallest absolute Gasteiger partial charge is 0.407 e. The maximum atomic E-state index is 11.6. The van der Waals surface area contributed by atoms with Gasteiger partial charge in [0.05, 0.1) is 13.1 Å². The zero-order valence-electron chi connectivity index (χ0n) is 17.7. The molecule has 2 N–H and O–H groups in total. The number of amides is 4. The zero-order valence-corrected chi connectivity index (χ0v) is 17.7. The SMILES string of the molecule is C=C(C)C(=O)N(C)CCOC(=O)NCCCNC(=O)OCCN(C)C(=O)C(=C)C. The van der Waals surface area contributed by atoms with Gasteiger partial charge in [0.2, 0.25) is 11.8 Å². The van der Waals surface area contributed by atoms with E-state index in [-0.39, 0.29) is 38.1 Å². The minimum absolute atomic E-state index is 0.0637. The second-order valence-corrected chi connectivity index (χ2v) is 6.49. The van der Waals surface area contributed by atoms with Gasteiger partial charge in [-0.1, -0.05) is 13.2 Å². The van der Waals surface area contributed by atoms with Crippen molar-refractivity contribution in [3.05, 3.63) is 24.3 Å². The van der Waals surface area contributed by atoms with Crippen LogP contribution in [-0.4, -0.2) is 87.3 Å². The molecule has 29 heavy (non-hydrogen) atoms. The first-order valence-electron chi connectivity index (χ1n) is 9.19. The molecule has 0 aliphatic carbocycles. The minimum Gasteiger partial charge on any atom is -0.448 e. The molecule has 0 saturated carbocycles. The van der Waals surface area contributed by atoms with Crippen LogP contribution in [-0.2, 0) is 19.1 Å². The minimum atomic E-state index is -0.603. The molecule has 0 fully saturated rings. The normalized spacial score (nSPS) is 9.79. The Bertz CT molecular complexity index is 568. The number of carbonyl (C=O) groups excluding carboxylic acids is 4. The summed E-state index contributed by atoms with van der Waals surface area (Å²) >= 11 is 0. The first-order valence-corrected chi connectivity index (χ1v) is 9.19. The van der Waals surface area contributed by atoms with Gasteiger partial charge in [0.15, 0.2) is 0 Å². The quantitative estimate of drug-likeness (QED) is 0.363. The average Bonchev–Trinajstić information content (AvgIpc) is 2.65. The monoisotopic (exact) mass is 412 g/mol. The maximum Gasteiger partial charge on any atom is 0.407 e. The number of rotatable bonds is 12. The van der Waals surface area contributed by atoms with Crippen molar-refractivity contribution in [3.63, 3.8) is 0 Å². The zero-order chi connectivity index (χ0) is 22.4. The fraction of sp³-hybridized carbons (Fsp3) is 0.579. The average molecular weight is 412 g/mol. The topological polar surface area (TPSA) is 117 Å². The molecule has 164 valence electrons. The first-order chi connectivity index (χ1) is 13.6. The molecule has 4 amide bonds. The van der Waals surface area contributed by atoms with E-state index in [1.165, 1.54) is 9.80 Å². The highest BCUT2D eigenvalue weighted by Gasteiger charge is 2.11. The van der Waals surface area contributed by atoms with Crippen LogP contribution >= 0.6 is 0 Å². The summed E-state index contributed by atoms with van der Waals surface area (Å²) in [7, 11) is 3.19. The molecule has 0 aliphatic rings. The van der Waals surface area contributed by atoms with Gasteiger partial charge < -0.3 is 29.9 Å². The third-order valence-corrected chi connectivity index (χ3v) is 3.64. The highest BCUT2D eigenvalue weighted by atomic mass is 16.6. The maximum absolute atomic E-state index is 11.6. The number of nitrogens with one attached hydrogen (secondary N) is 2. The van der Waals surface area contributed by atoms with Crippen LogP contribution in [0.4, 0.5) is 9.59 Å². The molecule has 10 heteroatoms. The van der Waals surface area contributed by atoms with Crippen LogP contribution in [0.15, 0.2) is 24.3 Å². The number of carbonyl (C=O) groups is 4. The summed E-state index contributed by atoms with van der Waals surface area (Å²) in [4.78, 5) is 49.0. The summed E-state index contributed by atoms with van der Waals surface area (Å²) in [5, 5.41) is 5.07. The van der Waals surface area contributed by atoms with Gasteiger partial charge in [-0.25, -0.2) is 9.59 Å². The van der Waals surface area contributed by atoms with Gasteiger partial charge in [-0.15, -0.1) is 0 Å². The molecular weight excluding hydrogens is 380 g/mol. The number of nitrogens with zero attached hydrogens (tertiary/aromatic N) is 2. The highest BCUT2D eigenvalue weighted by molar-refractivity contribution is 5.92. The molecule has 0 bridgehead atoms. The lowest BCUT2D eigenvalue weighted by molar-refractivity contribution is -0.126. The molecule has 0 radical (unpaired) electrons. The largest absolute Gasteiger partial charge is 0.448 e. The first kappa shape index (κ1) is 26.0. The Morgan fingerprint density at radius 1 is 0.759 bits per heavy atom. The predicted molar refractivity (Wildman–Crippen MR) is 108 cm³/mol. The lowest BCUT2D eigenvalue weighted by Gasteiger charge is -2.17. The van der Waals surface area contributed by atoms with Crippen molar-refractivity contribution in [2.75, 3.05) is 53.5 Å². The molecular formula is C19H32N4O6. The Balaban J connectivity index is 3.72. The van der Waals surface area contributed by atoms with Crippen LogP contribution in [0.5, 0.6) is 0 Å². The van der Waals surface area contributed by atoms with Crippen molar-refractivity contribution >= 4 is 24.0 Å². The van der Waals surface area contributed by atoms with E-state index in [9.17, 15) is 19.2 Å². The van der Waals surface area contributed by atoms with E-state index in [1.807, 2.05) is 0 Å². The number of likely N-dealkylation sites (N-methyl/N-ethyl adjacent to an activating group) is 2. The molecule has 0 aliphatic heterocycles. The molecule has 0 aromatic heterocycles. The van der Waals surface area contributed by atoms with Crippen molar-refractivity contribution in [2.24, 2.45) is 0 Å². The van der Waals surface area contributed by atoms with E-state index in [4.69, 9.17) is 9.47 Å². The molecule has 10 nitrogen and oxygen atoms in total. The molecule has 0 unspecified atom stereocenters. The Hall–Kier alpha value is -3.04. The van der Waals surface area contributed by atoms with E-state index in [0.29, 0.717) is 30.7 Å². The highest BCUT2D eigenvalue weighted by Crippen LogP contribution is 1.96. The lowest BCUT2D eigenvalue weighted by atomic mass is 10.3. The summed E-state index contributed by atoms with van der Waals surface area (Å²) in [6, 6.07) is 0. The van der Waals surface area contributed by atoms with E-state index in [2.05, 4.69) is 23.8 Å². The van der Waals surface area contributed by atoms with Crippen LogP contribution in [0.25, 0.3) is 0 Å². The Morgan fingerprint density at radius 2 is 1.10 bits per heavy atom. The van der Waals surface area contributed by atoms with Gasteiger partial charge in [0, 0.05) is 38.3 Å². The predicted octanol–water partition coefficient (Wildman–Crippen LogP) is 0.898. The summed E-state index contributed by atoms with van der Waals surface area (Å²) in [5.74, 6) is -0.415. The fourth-order valence-electron chi connectivity index (χ4n) is 1.98. The number of alkyl carbamates (subject to hydrolysis) is 2. The van der Waals surface area contributed by atoms with Gasteiger partial charge in [-0.05, 0) is 20.3 Å². The Labute approximate surface area is 171 Å². The van der Waals surface area contributed by atoms with Gasteiger partial charge in [0.1, 0.15) is 13.2 Å². The number of ether oxygens (including phenoxy) is 2. The van der Waals surface area contributed by atoms with Crippen molar-refractivity contribution < 1.29 is 28.7 Å². The van der Waals surface area contributed by atoms with E-state index in [1.54, 1.807) is 27.9 Å². The van der Waals surface area contributed by atoms with Crippen LogP contribution in [0, 0.1) is 0 Å². The molecule has 0 aromatic rings. The summed E-state index contributed by atoms with van der Waals surface area (Å²) in [6.45, 7) is 11.6. The fourth-order valence-corrected chi connectivity index (χ4v) is 1.98. The summed E-state index contributed by atoms with van der Waals surface area (Å²) < 4.78 is 9.92. The van der Waals surface area contributed by atoms with Crippen LogP contribution in [0.2, 0.25) is 0 Å². The Kier molecular flexibility index (Phi) is 12.6. The molecule has 0 aromatic carbocycles. The Morgan fingerprint density at radius 3 is 1.41 bits per heavy atom. The van der Waals surface area contributed by atoms with E-state index >= 15 is 0 Å². The van der Waals surface area contributed by atoms with Crippen LogP contribution in [0.1, 0.15) is 20.3 Å². The third-order valence-electron chi connectivity index (χ3n) is 3.64. The summed E-state index contributed by atoms with van der Waals surface area (Å²) in [6.07, 6.45) is -0.727.